The molecule has 0 bridgehead atoms. The van der Waals surface area contributed by atoms with Gasteiger partial charge in [0.15, 0.2) is 5.82 Å². The fraction of sp³-hybridized carbons (Fsp3) is 0.192. The van der Waals surface area contributed by atoms with Gasteiger partial charge < -0.3 is 15.4 Å². The number of aromatic nitrogens is 4. The quantitative estimate of drug-likeness (QED) is 0.372. The maximum Gasteiger partial charge on any atom is 0.222 e. The number of hydrogen-bond donors (Lipinski definition) is 2. The highest BCUT2D eigenvalue weighted by molar-refractivity contribution is 6.03. The van der Waals surface area contributed by atoms with E-state index in [1.165, 1.54) is 5.56 Å². The summed E-state index contributed by atoms with van der Waals surface area (Å²) in [5, 5.41) is 13.3. The van der Waals surface area contributed by atoms with E-state index in [9.17, 15) is 0 Å². The molecule has 0 fully saturated rings. The van der Waals surface area contributed by atoms with E-state index in [1.54, 1.807) is 7.11 Å². The van der Waals surface area contributed by atoms with Crippen LogP contribution in [0.15, 0.2) is 54.7 Å². The number of aryl methyl sites for hydroxylation is 3. The minimum absolute atomic E-state index is 0.615. The van der Waals surface area contributed by atoms with Crippen LogP contribution in [0.3, 0.4) is 0 Å². The van der Waals surface area contributed by atoms with Gasteiger partial charge in [0.2, 0.25) is 5.95 Å². The third-order valence-corrected chi connectivity index (χ3v) is 5.96. The largest absolute Gasteiger partial charge is 0.496 e. The normalized spacial score (nSPS) is 11.2. The SMILES string of the molecule is CNc1ncc2cc(-c3c(C)ccc4c(Nc5ccc(OC)c(C)c5)nn(C)c34)ccc2n1. The fourth-order valence-corrected chi connectivity index (χ4v) is 4.33. The summed E-state index contributed by atoms with van der Waals surface area (Å²) in [6.45, 7) is 4.16. The van der Waals surface area contributed by atoms with Crippen molar-refractivity contribution < 1.29 is 4.74 Å². The highest BCUT2D eigenvalue weighted by atomic mass is 16.5. The first-order valence-corrected chi connectivity index (χ1v) is 10.8. The van der Waals surface area contributed by atoms with E-state index in [0.29, 0.717) is 5.95 Å². The molecule has 2 aromatic heterocycles. The van der Waals surface area contributed by atoms with Crippen LogP contribution in [-0.2, 0) is 7.05 Å². The van der Waals surface area contributed by atoms with Gasteiger partial charge in [0.1, 0.15) is 5.75 Å². The molecule has 0 atom stereocenters. The molecule has 0 radical (unpaired) electrons. The van der Waals surface area contributed by atoms with Crippen LogP contribution in [0.1, 0.15) is 11.1 Å². The molecule has 0 spiro atoms. The maximum absolute atomic E-state index is 5.39. The predicted octanol–water partition coefficient (Wildman–Crippen LogP) is 5.59. The van der Waals surface area contributed by atoms with Crippen molar-refractivity contribution in [3.8, 4) is 16.9 Å². The minimum atomic E-state index is 0.615. The van der Waals surface area contributed by atoms with Crippen molar-refractivity contribution in [3.05, 3.63) is 65.9 Å². The Morgan fingerprint density at radius 2 is 1.82 bits per heavy atom. The van der Waals surface area contributed by atoms with Crippen molar-refractivity contribution in [2.24, 2.45) is 7.05 Å². The highest BCUT2D eigenvalue weighted by Gasteiger charge is 2.17. The van der Waals surface area contributed by atoms with E-state index < -0.39 is 0 Å². The summed E-state index contributed by atoms with van der Waals surface area (Å²) in [5.74, 6) is 2.30. The molecule has 5 rings (SSSR count). The Balaban J connectivity index is 1.62. The molecule has 3 aromatic carbocycles. The summed E-state index contributed by atoms with van der Waals surface area (Å²) in [4.78, 5) is 8.92. The van der Waals surface area contributed by atoms with E-state index in [2.05, 4.69) is 57.9 Å². The van der Waals surface area contributed by atoms with Crippen LogP contribution >= 0.6 is 0 Å². The second-order valence-electron chi connectivity index (χ2n) is 8.15. The first-order valence-electron chi connectivity index (χ1n) is 10.8. The summed E-state index contributed by atoms with van der Waals surface area (Å²) in [6.07, 6.45) is 1.86. The fourth-order valence-electron chi connectivity index (χ4n) is 4.33. The zero-order valence-corrected chi connectivity index (χ0v) is 19.4. The molecule has 2 heterocycles. The molecule has 7 heteroatoms. The average molecular weight is 439 g/mol. The number of benzene rings is 3. The molecular formula is C26H26N6O. The van der Waals surface area contributed by atoms with Crippen molar-refractivity contribution >= 4 is 39.3 Å². The molecule has 0 saturated carbocycles. The summed E-state index contributed by atoms with van der Waals surface area (Å²) in [7, 11) is 5.49. The van der Waals surface area contributed by atoms with Crippen LogP contribution in [0.5, 0.6) is 5.75 Å². The smallest absolute Gasteiger partial charge is 0.222 e. The Morgan fingerprint density at radius 3 is 2.58 bits per heavy atom. The van der Waals surface area contributed by atoms with Gasteiger partial charge in [-0.2, -0.15) is 5.10 Å². The van der Waals surface area contributed by atoms with Crippen molar-refractivity contribution in [1.82, 2.24) is 19.7 Å². The van der Waals surface area contributed by atoms with Crippen LogP contribution in [0, 0.1) is 13.8 Å². The van der Waals surface area contributed by atoms with Crippen molar-refractivity contribution in [2.75, 3.05) is 24.8 Å². The predicted molar refractivity (Wildman–Crippen MR) is 135 cm³/mol. The Hall–Kier alpha value is -4.13. The topological polar surface area (TPSA) is 76.9 Å². The molecule has 0 aliphatic heterocycles. The van der Waals surface area contributed by atoms with Gasteiger partial charge in [-0.05, 0) is 66.9 Å². The van der Waals surface area contributed by atoms with Gasteiger partial charge >= 0.3 is 0 Å². The second kappa shape index (κ2) is 8.09. The molecule has 2 N–H and O–H groups in total. The van der Waals surface area contributed by atoms with Crippen molar-refractivity contribution in [2.45, 2.75) is 13.8 Å². The average Bonchev–Trinajstić information content (AvgIpc) is 3.13. The second-order valence-corrected chi connectivity index (χ2v) is 8.15. The summed E-state index contributed by atoms with van der Waals surface area (Å²) >= 11 is 0. The molecule has 33 heavy (non-hydrogen) atoms. The number of fused-ring (bicyclic) bond motifs is 2. The molecule has 0 amide bonds. The Bertz CT molecular complexity index is 1500. The monoisotopic (exact) mass is 438 g/mol. The maximum atomic E-state index is 5.39. The van der Waals surface area contributed by atoms with Gasteiger partial charge in [0.25, 0.3) is 0 Å². The van der Waals surface area contributed by atoms with Crippen molar-refractivity contribution in [3.63, 3.8) is 0 Å². The first kappa shape index (κ1) is 20.8. The zero-order valence-electron chi connectivity index (χ0n) is 19.4. The summed E-state index contributed by atoms with van der Waals surface area (Å²) in [6, 6.07) is 16.6. The lowest BCUT2D eigenvalue weighted by atomic mass is 9.96. The molecule has 0 saturated heterocycles. The highest BCUT2D eigenvalue weighted by Crippen LogP contribution is 2.37. The summed E-state index contributed by atoms with van der Waals surface area (Å²) < 4.78 is 7.33. The zero-order chi connectivity index (χ0) is 23.1. The lowest BCUT2D eigenvalue weighted by Crippen LogP contribution is -1.97. The molecule has 0 unspecified atom stereocenters. The van der Waals surface area contributed by atoms with E-state index in [-0.39, 0.29) is 0 Å². The lowest BCUT2D eigenvalue weighted by Gasteiger charge is -2.11. The minimum Gasteiger partial charge on any atom is -0.496 e. The van der Waals surface area contributed by atoms with Crippen LogP contribution in [0.25, 0.3) is 32.9 Å². The number of nitrogens with one attached hydrogen (secondary N) is 2. The van der Waals surface area contributed by atoms with E-state index in [4.69, 9.17) is 9.84 Å². The molecule has 0 aliphatic rings. The van der Waals surface area contributed by atoms with Gasteiger partial charge in [0, 0.05) is 42.3 Å². The van der Waals surface area contributed by atoms with Crippen LogP contribution in [0.2, 0.25) is 0 Å². The Kier molecular flexibility index (Phi) is 5.09. The number of rotatable bonds is 5. The number of nitrogens with zero attached hydrogens (tertiary/aromatic N) is 4. The van der Waals surface area contributed by atoms with Gasteiger partial charge in [-0.1, -0.05) is 12.1 Å². The first-order chi connectivity index (χ1) is 16.0. The number of anilines is 3. The van der Waals surface area contributed by atoms with Gasteiger partial charge in [-0.15, -0.1) is 0 Å². The van der Waals surface area contributed by atoms with Crippen molar-refractivity contribution in [1.29, 1.82) is 0 Å². The van der Waals surface area contributed by atoms with E-state index >= 15 is 0 Å². The Labute approximate surface area is 192 Å². The van der Waals surface area contributed by atoms with Crippen LogP contribution in [0.4, 0.5) is 17.5 Å². The van der Waals surface area contributed by atoms with Gasteiger partial charge in [0.05, 0.1) is 18.1 Å². The lowest BCUT2D eigenvalue weighted by molar-refractivity contribution is 0.412. The standard InChI is InChI=1S/C26H26N6O/c1-15-6-9-20-24(23(15)17-7-10-21-18(13-17)14-28-26(27-3)30-21)32(4)31-25(20)29-19-8-11-22(33-5)16(2)12-19/h6-14H,1-5H3,(H,29,31)(H,27,28,30). The van der Waals surface area contributed by atoms with E-state index in [0.717, 1.165) is 55.8 Å². The number of hydrogen-bond acceptors (Lipinski definition) is 6. The molecular weight excluding hydrogens is 412 g/mol. The van der Waals surface area contributed by atoms with Gasteiger partial charge in [-0.25, -0.2) is 9.97 Å². The Morgan fingerprint density at radius 1 is 0.970 bits per heavy atom. The van der Waals surface area contributed by atoms with Crippen LogP contribution < -0.4 is 15.4 Å². The summed E-state index contributed by atoms with van der Waals surface area (Å²) in [5.41, 5.74) is 7.48. The third-order valence-electron chi connectivity index (χ3n) is 5.96. The number of methoxy groups -OCH3 is 1. The molecule has 5 aromatic rings. The molecule has 166 valence electrons. The molecule has 0 aliphatic carbocycles. The van der Waals surface area contributed by atoms with E-state index in [1.807, 2.05) is 50.1 Å². The number of ether oxygens (including phenoxy) is 1. The molecule has 7 nitrogen and oxygen atoms in total. The van der Waals surface area contributed by atoms with Crippen LogP contribution in [-0.4, -0.2) is 33.9 Å². The van der Waals surface area contributed by atoms with Gasteiger partial charge in [-0.3, -0.25) is 4.68 Å². The third kappa shape index (κ3) is 3.61.